The summed E-state index contributed by atoms with van der Waals surface area (Å²) in [5, 5.41) is 12.0. The summed E-state index contributed by atoms with van der Waals surface area (Å²) in [6, 6.07) is 15.0. The summed E-state index contributed by atoms with van der Waals surface area (Å²) in [5.74, 6) is 1.42. The predicted molar refractivity (Wildman–Crippen MR) is 158 cm³/mol. The number of carbonyl (C=O) groups is 1. The zero-order valence-electron chi connectivity index (χ0n) is 23.6. The van der Waals surface area contributed by atoms with Crippen LogP contribution in [0.25, 0.3) is 10.8 Å². The molecule has 6 rings (SSSR count). The molecule has 0 N–H and O–H groups in total. The van der Waals surface area contributed by atoms with Crippen LogP contribution in [-0.4, -0.2) is 72.3 Å². The highest BCUT2D eigenvalue weighted by atomic mass is 16.5. The van der Waals surface area contributed by atoms with Crippen molar-refractivity contribution in [1.29, 1.82) is 5.26 Å². The zero-order valence-corrected chi connectivity index (χ0v) is 23.6. The summed E-state index contributed by atoms with van der Waals surface area (Å²) in [4.78, 5) is 29.0. The molecule has 2 saturated heterocycles. The molecule has 3 aromatic rings. The molecule has 9 nitrogen and oxygen atoms in total. The van der Waals surface area contributed by atoms with E-state index in [1.165, 1.54) is 28.1 Å². The smallest absolute Gasteiger partial charge is 0.246 e. The molecule has 0 saturated carbocycles. The van der Waals surface area contributed by atoms with Crippen LogP contribution in [0, 0.1) is 18.3 Å². The molecule has 2 aromatic carbocycles. The summed E-state index contributed by atoms with van der Waals surface area (Å²) in [6.45, 7) is 10.7. The molecule has 212 valence electrons. The van der Waals surface area contributed by atoms with E-state index in [0.717, 1.165) is 36.5 Å². The Morgan fingerprint density at radius 2 is 2.05 bits per heavy atom. The van der Waals surface area contributed by atoms with Gasteiger partial charge in [0.1, 0.15) is 12.4 Å². The molecule has 2 fully saturated rings. The van der Waals surface area contributed by atoms with Gasteiger partial charge in [0.05, 0.1) is 43.5 Å². The maximum atomic E-state index is 12.5. The van der Waals surface area contributed by atoms with Crippen molar-refractivity contribution >= 4 is 28.2 Å². The molecule has 9 heteroatoms. The van der Waals surface area contributed by atoms with Crippen LogP contribution in [0.15, 0.2) is 49.1 Å². The van der Waals surface area contributed by atoms with Gasteiger partial charge in [-0.05, 0) is 42.9 Å². The van der Waals surface area contributed by atoms with Gasteiger partial charge in [0.25, 0.3) is 0 Å². The number of nitriles is 1. The number of fused-ring (bicyclic) bond motifs is 2. The molecule has 2 atom stereocenters. The third-order valence-corrected chi connectivity index (χ3v) is 8.42. The van der Waals surface area contributed by atoms with Crippen LogP contribution in [0.5, 0.6) is 0 Å². The fourth-order valence-electron chi connectivity index (χ4n) is 6.33. The van der Waals surface area contributed by atoms with Crippen molar-refractivity contribution in [2.45, 2.75) is 51.5 Å². The van der Waals surface area contributed by atoms with Crippen LogP contribution in [0.3, 0.4) is 0 Å². The quantitative estimate of drug-likeness (QED) is 0.407. The number of anilines is 2. The maximum Gasteiger partial charge on any atom is 0.246 e. The summed E-state index contributed by atoms with van der Waals surface area (Å²) in [5.41, 5.74) is 4.63. The molecule has 41 heavy (non-hydrogen) atoms. The van der Waals surface area contributed by atoms with Crippen LogP contribution in [0.1, 0.15) is 35.5 Å². The van der Waals surface area contributed by atoms with E-state index in [0.29, 0.717) is 51.8 Å². The first-order chi connectivity index (χ1) is 20.1. The SMILES string of the molecule is C=CC(=O)N1CCN(c2nc(CO[C@@H]3CCOC3)nc3c2CCN(c2cccc4cccc(C)c24)C3)C[C@@H]1CC#N. The number of hydrogen-bond donors (Lipinski definition) is 0. The highest BCUT2D eigenvalue weighted by Crippen LogP contribution is 2.35. The standard InChI is InChI=1S/C32H36N6O3/c1-3-30(39)38-16-15-37(18-24(38)10-13-33)32-26-11-14-36(28-9-5-8-23-7-4-6-22(2)31(23)28)19-27(26)34-29(35-32)21-41-25-12-17-40-20-25/h3-9,24-25H,1,10-12,14-21H2,2H3/t24-,25+/m0/s1. The van der Waals surface area contributed by atoms with Gasteiger partial charge in [-0.15, -0.1) is 0 Å². The number of piperazine rings is 1. The number of amides is 1. The number of benzene rings is 2. The third-order valence-electron chi connectivity index (χ3n) is 8.42. The first-order valence-corrected chi connectivity index (χ1v) is 14.4. The van der Waals surface area contributed by atoms with Crippen LogP contribution >= 0.6 is 0 Å². The van der Waals surface area contributed by atoms with Gasteiger partial charge in [-0.2, -0.15) is 5.26 Å². The molecule has 0 unspecified atom stereocenters. The van der Waals surface area contributed by atoms with Crippen molar-refractivity contribution in [2.75, 3.05) is 49.2 Å². The Balaban J connectivity index is 1.34. The minimum Gasteiger partial charge on any atom is -0.379 e. The number of ether oxygens (including phenoxy) is 2. The molecule has 1 amide bonds. The van der Waals surface area contributed by atoms with Crippen molar-refractivity contribution in [3.8, 4) is 6.07 Å². The number of carbonyl (C=O) groups excluding carboxylic acids is 1. The number of nitrogens with zero attached hydrogens (tertiary/aromatic N) is 6. The molecule has 3 aliphatic rings. The average Bonchev–Trinajstić information content (AvgIpc) is 3.53. The highest BCUT2D eigenvalue weighted by molar-refractivity contribution is 5.97. The zero-order chi connectivity index (χ0) is 28.3. The molecule has 0 radical (unpaired) electrons. The Hall–Kier alpha value is -4.00. The van der Waals surface area contributed by atoms with Crippen LogP contribution in [-0.2, 0) is 33.8 Å². The summed E-state index contributed by atoms with van der Waals surface area (Å²) < 4.78 is 11.6. The molecular formula is C32H36N6O3. The summed E-state index contributed by atoms with van der Waals surface area (Å²) in [6.07, 6.45) is 3.33. The van der Waals surface area contributed by atoms with Crippen molar-refractivity contribution in [2.24, 2.45) is 0 Å². The van der Waals surface area contributed by atoms with Gasteiger partial charge in [-0.3, -0.25) is 4.79 Å². The third kappa shape index (κ3) is 5.50. The first-order valence-electron chi connectivity index (χ1n) is 14.4. The lowest BCUT2D eigenvalue weighted by molar-refractivity contribution is -0.128. The Morgan fingerprint density at radius 3 is 2.83 bits per heavy atom. The topological polar surface area (TPSA) is 94.8 Å². The van der Waals surface area contributed by atoms with E-state index in [9.17, 15) is 10.1 Å². The largest absolute Gasteiger partial charge is 0.379 e. The second-order valence-corrected chi connectivity index (χ2v) is 11.0. The Labute approximate surface area is 241 Å². The van der Waals surface area contributed by atoms with Crippen molar-refractivity contribution in [3.05, 3.63) is 71.7 Å². The summed E-state index contributed by atoms with van der Waals surface area (Å²) in [7, 11) is 0. The minimum absolute atomic E-state index is 0.0571. The van der Waals surface area contributed by atoms with Crippen LogP contribution in [0.4, 0.5) is 11.5 Å². The number of rotatable bonds is 7. The van der Waals surface area contributed by atoms with E-state index in [4.69, 9.17) is 19.4 Å². The van der Waals surface area contributed by atoms with Gasteiger partial charge in [0.15, 0.2) is 5.82 Å². The van der Waals surface area contributed by atoms with Crippen LogP contribution < -0.4 is 9.80 Å². The van der Waals surface area contributed by atoms with E-state index >= 15 is 0 Å². The predicted octanol–water partition coefficient (Wildman–Crippen LogP) is 3.92. The monoisotopic (exact) mass is 552 g/mol. The van der Waals surface area contributed by atoms with Gasteiger partial charge in [0.2, 0.25) is 5.91 Å². The van der Waals surface area contributed by atoms with Crippen molar-refractivity contribution < 1.29 is 14.3 Å². The number of hydrogen-bond acceptors (Lipinski definition) is 8. The van der Waals surface area contributed by atoms with E-state index < -0.39 is 0 Å². The van der Waals surface area contributed by atoms with Gasteiger partial charge in [-0.25, -0.2) is 9.97 Å². The molecule has 0 spiro atoms. The van der Waals surface area contributed by atoms with Crippen LogP contribution in [0.2, 0.25) is 0 Å². The fourth-order valence-corrected chi connectivity index (χ4v) is 6.33. The fraction of sp³-hybridized carbons (Fsp3) is 0.438. The van der Waals surface area contributed by atoms with E-state index in [2.05, 4.69) is 65.8 Å². The molecular weight excluding hydrogens is 516 g/mol. The van der Waals surface area contributed by atoms with Crippen molar-refractivity contribution in [1.82, 2.24) is 14.9 Å². The van der Waals surface area contributed by atoms with Gasteiger partial charge in [-0.1, -0.05) is 36.9 Å². The maximum absolute atomic E-state index is 12.5. The lowest BCUT2D eigenvalue weighted by Gasteiger charge is -2.42. The van der Waals surface area contributed by atoms with Gasteiger partial charge < -0.3 is 24.2 Å². The van der Waals surface area contributed by atoms with Gasteiger partial charge in [0, 0.05) is 49.4 Å². The molecule has 0 aliphatic carbocycles. The molecule has 1 aromatic heterocycles. The number of aromatic nitrogens is 2. The van der Waals surface area contributed by atoms with E-state index in [-0.39, 0.29) is 24.5 Å². The van der Waals surface area contributed by atoms with Crippen molar-refractivity contribution in [3.63, 3.8) is 0 Å². The molecule has 4 heterocycles. The second-order valence-electron chi connectivity index (χ2n) is 11.0. The first kappa shape index (κ1) is 27.2. The molecule has 0 bridgehead atoms. The minimum atomic E-state index is -0.223. The Morgan fingerprint density at radius 1 is 1.20 bits per heavy atom. The van der Waals surface area contributed by atoms with Gasteiger partial charge >= 0.3 is 0 Å². The average molecular weight is 553 g/mol. The lowest BCUT2D eigenvalue weighted by Crippen LogP contribution is -2.55. The van der Waals surface area contributed by atoms with E-state index in [1.807, 2.05) is 0 Å². The lowest BCUT2D eigenvalue weighted by atomic mass is 9.99. The Bertz CT molecular complexity index is 1490. The highest BCUT2D eigenvalue weighted by Gasteiger charge is 2.33. The second kappa shape index (κ2) is 11.9. The Kier molecular flexibility index (Phi) is 7.86. The van der Waals surface area contributed by atoms with E-state index in [1.54, 1.807) is 4.90 Å². The summed E-state index contributed by atoms with van der Waals surface area (Å²) >= 11 is 0. The molecule has 3 aliphatic heterocycles. The normalized spacial score (nSPS) is 20.6. The number of aryl methyl sites for hydroxylation is 1.